The number of nitrogens with one attached hydrogen (secondary N) is 1. The number of hydrogen-bond donors (Lipinski definition) is 2. The van der Waals surface area contributed by atoms with Crippen molar-refractivity contribution in [2.75, 3.05) is 20.7 Å². The zero-order chi connectivity index (χ0) is 17.5. The van der Waals surface area contributed by atoms with Gasteiger partial charge in [0.1, 0.15) is 18.4 Å². The van der Waals surface area contributed by atoms with Gasteiger partial charge in [0.2, 0.25) is 0 Å². The lowest BCUT2D eigenvalue weighted by molar-refractivity contribution is -0.0679. The van der Waals surface area contributed by atoms with Crippen LogP contribution in [0.2, 0.25) is 0 Å². The number of aliphatic hydroxyl groups is 1. The summed E-state index contributed by atoms with van der Waals surface area (Å²) >= 11 is 0. The highest BCUT2D eigenvalue weighted by molar-refractivity contribution is 7.82. The molecule has 3 rings (SSSR count). The predicted octanol–water partition coefficient (Wildman–Crippen LogP) is -1.81. The van der Waals surface area contributed by atoms with E-state index in [4.69, 9.17) is 13.1 Å². The van der Waals surface area contributed by atoms with E-state index in [2.05, 4.69) is 10.3 Å². The van der Waals surface area contributed by atoms with E-state index in [1.165, 1.54) is 6.20 Å². The van der Waals surface area contributed by atoms with Crippen LogP contribution >= 0.6 is 0 Å². The topological polar surface area (TPSA) is 130 Å². The number of rotatable bonds is 4. The maximum atomic E-state index is 12.3. The molecule has 2 saturated heterocycles. The van der Waals surface area contributed by atoms with Crippen LogP contribution in [0.4, 0.5) is 4.79 Å². The monoisotopic (exact) mass is 362 g/mol. The summed E-state index contributed by atoms with van der Waals surface area (Å²) in [6.45, 7) is -0.467. The van der Waals surface area contributed by atoms with Crippen molar-refractivity contribution in [1.82, 2.24) is 15.1 Å². The van der Waals surface area contributed by atoms with E-state index in [-0.39, 0.29) is 0 Å². The van der Waals surface area contributed by atoms with Crippen molar-refractivity contribution in [2.24, 2.45) is 4.99 Å². The Balaban J connectivity index is 1.77. The normalized spacial score (nSPS) is 37.7. The molecule has 1 unspecified atom stereocenters. The highest BCUT2D eigenvalue weighted by Gasteiger charge is 2.57. The van der Waals surface area contributed by atoms with Gasteiger partial charge in [-0.3, -0.25) is 4.90 Å². The molecule has 0 aliphatic carbocycles. The summed E-state index contributed by atoms with van der Waals surface area (Å²) in [5, 5.41) is 11.9. The molecule has 0 aromatic carbocycles. The highest BCUT2D eigenvalue weighted by Crippen LogP contribution is 2.36. The fourth-order valence-corrected chi connectivity index (χ4v) is 3.60. The van der Waals surface area contributed by atoms with Crippen LogP contribution in [0.1, 0.15) is 0 Å². The number of nitrogens with zero attached hydrogens (tertiary/aromatic N) is 3. The minimum atomic E-state index is -4.17. The van der Waals surface area contributed by atoms with Gasteiger partial charge in [0.25, 0.3) is 0 Å². The van der Waals surface area contributed by atoms with Crippen molar-refractivity contribution in [2.45, 2.75) is 30.7 Å². The lowest BCUT2D eigenvalue weighted by atomic mass is 10.1. The summed E-state index contributed by atoms with van der Waals surface area (Å²) in [7, 11) is -0.579. The van der Waals surface area contributed by atoms with E-state index in [0.29, 0.717) is 0 Å². The Morgan fingerprint density at radius 1 is 1.42 bits per heavy atom. The fourth-order valence-electron chi connectivity index (χ4n) is 2.58. The van der Waals surface area contributed by atoms with Crippen molar-refractivity contribution in [3.8, 4) is 0 Å². The van der Waals surface area contributed by atoms with Crippen LogP contribution < -0.4 is 5.32 Å². The van der Waals surface area contributed by atoms with E-state index < -0.39 is 53.7 Å². The van der Waals surface area contributed by atoms with E-state index in [1.807, 2.05) is 0 Å². The van der Waals surface area contributed by atoms with Crippen LogP contribution in [0.25, 0.3) is 0 Å². The van der Waals surface area contributed by atoms with E-state index in [9.17, 15) is 18.3 Å². The maximum Gasteiger partial charge on any atom is 0.400 e. The Morgan fingerprint density at radius 2 is 2.12 bits per heavy atom. The second-order valence-electron chi connectivity index (χ2n) is 5.65. The molecule has 24 heavy (non-hydrogen) atoms. The summed E-state index contributed by atoms with van der Waals surface area (Å²) in [6, 6.07) is -0.534. The molecule has 3 aliphatic heterocycles. The molecule has 2 amide bonds. The summed E-state index contributed by atoms with van der Waals surface area (Å²) < 4.78 is 38.1. The second-order valence-corrected chi connectivity index (χ2v) is 6.85. The first-order chi connectivity index (χ1) is 11.3. The van der Waals surface area contributed by atoms with Gasteiger partial charge in [0.15, 0.2) is 12.3 Å². The van der Waals surface area contributed by atoms with Gasteiger partial charge in [-0.1, -0.05) is 0 Å². The van der Waals surface area contributed by atoms with Gasteiger partial charge >= 0.3 is 16.4 Å². The summed E-state index contributed by atoms with van der Waals surface area (Å²) in [6.07, 6.45) is 0.0340. The molecule has 5 atom stereocenters. The standard InChI is InChI=1S/C12H18N4O7S/c1-15(2)6-13-8-3-4-16(12(18)14-8)11-10-9(7(5-17)21-11)22-24(19,20)23-10/h3-4,6-11,17H,5H2,1-2H3,(H,14,18)/t7-,8?,9-,10-,11-/m1/s1. The zero-order valence-corrected chi connectivity index (χ0v) is 13.8. The maximum absolute atomic E-state index is 12.3. The third kappa shape index (κ3) is 3.23. The van der Waals surface area contributed by atoms with Crippen LogP contribution in [0.15, 0.2) is 17.3 Å². The summed E-state index contributed by atoms with van der Waals surface area (Å²) in [5.41, 5.74) is 0. The van der Waals surface area contributed by atoms with Crippen molar-refractivity contribution in [3.63, 3.8) is 0 Å². The number of ether oxygens (including phenoxy) is 1. The largest absolute Gasteiger partial charge is 0.400 e. The molecule has 134 valence electrons. The minimum Gasteiger partial charge on any atom is -0.394 e. The van der Waals surface area contributed by atoms with Crippen LogP contribution in [0, 0.1) is 0 Å². The van der Waals surface area contributed by atoms with Crippen molar-refractivity contribution in [3.05, 3.63) is 12.3 Å². The Morgan fingerprint density at radius 3 is 2.75 bits per heavy atom. The Kier molecular flexibility index (Phi) is 4.48. The molecule has 11 nitrogen and oxygen atoms in total. The zero-order valence-electron chi connectivity index (χ0n) is 13.0. The molecule has 0 aromatic heterocycles. The molecule has 3 heterocycles. The Labute approximate surface area is 138 Å². The molecular weight excluding hydrogens is 344 g/mol. The molecule has 0 radical (unpaired) electrons. The number of carbonyl (C=O) groups is 1. The van der Waals surface area contributed by atoms with Crippen LogP contribution in [0.5, 0.6) is 0 Å². The number of carbonyl (C=O) groups excluding carboxylic acids is 1. The van der Waals surface area contributed by atoms with Gasteiger partial charge in [-0.05, 0) is 6.08 Å². The van der Waals surface area contributed by atoms with E-state index in [0.717, 1.165) is 4.90 Å². The average molecular weight is 362 g/mol. The Hall–Kier alpha value is -1.73. The number of aliphatic imine (C=N–C) groups is 1. The number of urea groups is 1. The molecule has 3 aliphatic rings. The number of aliphatic hydroxyl groups excluding tert-OH is 1. The van der Waals surface area contributed by atoms with E-state index in [1.54, 1.807) is 31.4 Å². The second kappa shape index (κ2) is 6.29. The first kappa shape index (κ1) is 17.1. The predicted molar refractivity (Wildman–Crippen MR) is 79.9 cm³/mol. The van der Waals surface area contributed by atoms with Crippen molar-refractivity contribution < 1.29 is 31.4 Å². The first-order valence-corrected chi connectivity index (χ1v) is 8.49. The molecule has 2 N–H and O–H groups in total. The van der Waals surface area contributed by atoms with Crippen LogP contribution in [0.3, 0.4) is 0 Å². The lowest BCUT2D eigenvalue weighted by Gasteiger charge is -2.31. The molecule has 0 saturated carbocycles. The molecular formula is C12H18N4O7S. The average Bonchev–Trinajstić information content (AvgIpc) is 2.98. The minimum absolute atomic E-state index is 0.467. The number of amides is 2. The van der Waals surface area contributed by atoms with Gasteiger partial charge in [0, 0.05) is 20.3 Å². The fraction of sp³-hybridized carbons (Fsp3) is 0.667. The first-order valence-electron chi connectivity index (χ1n) is 7.15. The molecule has 0 bridgehead atoms. The molecule has 0 spiro atoms. The van der Waals surface area contributed by atoms with Gasteiger partial charge in [-0.2, -0.15) is 8.42 Å². The third-order valence-electron chi connectivity index (χ3n) is 3.59. The van der Waals surface area contributed by atoms with Crippen LogP contribution in [-0.4, -0.2) is 87.1 Å². The number of fused-ring (bicyclic) bond motifs is 1. The SMILES string of the molecule is CN(C)C=NC1C=CN([C@@H]2O[C@H](CO)[C@H]3OS(=O)(=O)O[C@H]32)C(=O)N1. The smallest absolute Gasteiger partial charge is 0.394 e. The van der Waals surface area contributed by atoms with Gasteiger partial charge < -0.3 is 20.1 Å². The molecule has 2 fully saturated rings. The quantitative estimate of drug-likeness (QED) is 0.442. The van der Waals surface area contributed by atoms with Crippen molar-refractivity contribution >= 4 is 22.8 Å². The Bertz CT molecular complexity index is 664. The van der Waals surface area contributed by atoms with Crippen molar-refractivity contribution in [1.29, 1.82) is 0 Å². The van der Waals surface area contributed by atoms with Gasteiger partial charge in [-0.25, -0.2) is 18.2 Å². The van der Waals surface area contributed by atoms with Crippen LogP contribution in [-0.2, 0) is 23.5 Å². The molecule has 0 aromatic rings. The van der Waals surface area contributed by atoms with Gasteiger partial charge in [-0.15, -0.1) is 0 Å². The third-order valence-corrected chi connectivity index (χ3v) is 4.51. The molecule has 12 heteroatoms. The number of hydrogen-bond acceptors (Lipinski definition) is 8. The highest BCUT2D eigenvalue weighted by atomic mass is 32.3. The summed E-state index contributed by atoms with van der Waals surface area (Å²) in [5.74, 6) is 0. The lowest BCUT2D eigenvalue weighted by Crippen LogP contribution is -2.52. The van der Waals surface area contributed by atoms with E-state index >= 15 is 0 Å². The van der Waals surface area contributed by atoms with Gasteiger partial charge in [0.05, 0.1) is 12.9 Å². The summed E-state index contributed by atoms with van der Waals surface area (Å²) in [4.78, 5) is 19.3.